The first kappa shape index (κ1) is 15.2. The number of nitrogens with two attached hydrogens (primary N) is 1. The third-order valence-electron chi connectivity index (χ3n) is 4.28. The normalized spacial score (nSPS) is 15.6. The topological polar surface area (TPSA) is 55.0 Å². The molecule has 2 rings (SSSR count). The SMILES string of the molecule is CCc1nnc(N(C)C2CCCC2)c(C(N)=S)c1CC. The second kappa shape index (κ2) is 6.48. The molecule has 1 aliphatic carbocycles. The number of thiocarbonyl (C=S) groups is 1. The Balaban J connectivity index is 2.48. The Morgan fingerprint density at radius 2 is 1.90 bits per heavy atom. The first-order chi connectivity index (χ1) is 9.60. The lowest BCUT2D eigenvalue weighted by Crippen LogP contribution is -2.33. The van der Waals surface area contributed by atoms with E-state index in [9.17, 15) is 0 Å². The zero-order valence-electron chi connectivity index (χ0n) is 12.6. The Kier molecular flexibility index (Phi) is 4.91. The van der Waals surface area contributed by atoms with E-state index < -0.39 is 0 Å². The highest BCUT2D eigenvalue weighted by Gasteiger charge is 2.25. The number of nitrogens with zero attached hydrogens (tertiary/aromatic N) is 3. The summed E-state index contributed by atoms with van der Waals surface area (Å²) in [5, 5.41) is 8.83. The molecule has 0 atom stereocenters. The first-order valence-corrected chi connectivity index (χ1v) is 7.92. The standard InChI is InChI=1S/C15H24N4S/c1-4-11-12(5-2)17-18-15(13(11)14(16)20)19(3)10-8-6-7-9-10/h10H,4-9H2,1-3H3,(H2,16,20). The Labute approximate surface area is 126 Å². The van der Waals surface area contributed by atoms with E-state index in [0.717, 1.165) is 35.5 Å². The summed E-state index contributed by atoms with van der Waals surface area (Å²) < 4.78 is 0. The van der Waals surface area contributed by atoms with Crippen LogP contribution in [0, 0.1) is 0 Å². The molecule has 0 bridgehead atoms. The van der Waals surface area contributed by atoms with Crippen molar-refractivity contribution in [2.75, 3.05) is 11.9 Å². The van der Waals surface area contributed by atoms with Crippen molar-refractivity contribution in [2.45, 2.75) is 58.4 Å². The Hall–Kier alpha value is -1.23. The van der Waals surface area contributed by atoms with Crippen LogP contribution in [0.4, 0.5) is 5.82 Å². The number of aryl methyl sites for hydroxylation is 1. The van der Waals surface area contributed by atoms with E-state index in [1.807, 2.05) is 0 Å². The maximum absolute atomic E-state index is 5.99. The van der Waals surface area contributed by atoms with Crippen LogP contribution in [-0.4, -0.2) is 28.3 Å². The lowest BCUT2D eigenvalue weighted by atomic mass is 10.0. The fourth-order valence-electron chi connectivity index (χ4n) is 3.13. The van der Waals surface area contributed by atoms with Gasteiger partial charge >= 0.3 is 0 Å². The van der Waals surface area contributed by atoms with Crippen LogP contribution in [0.2, 0.25) is 0 Å². The summed E-state index contributed by atoms with van der Waals surface area (Å²) in [6.07, 6.45) is 6.75. The van der Waals surface area contributed by atoms with Gasteiger partial charge < -0.3 is 10.6 Å². The van der Waals surface area contributed by atoms with Crippen molar-refractivity contribution in [3.63, 3.8) is 0 Å². The zero-order valence-corrected chi connectivity index (χ0v) is 13.5. The van der Waals surface area contributed by atoms with Crippen LogP contribution in [0.1, 0.15) is 56.4 Å². The maximum Gasteiger partial charge on any atom is 0.161 e. The highest BCUT2D eigenvalue weighted by atomic mass is 32.1. The predicted octanol–water partition coefficient (Wildman–Crippen LogP) is 2.61. The van der Waals surface area contributed by atoms with Crippen LogP contribution < -0.4 is 10.6 Å². The fraction of sp³-hybridized carbons (Fsp3) is 0.667. The van der Waals surface area contributed by atoms with Gasteiger partial charge in [0.15, 0.2) is 5.82 Å². The fourth-order valence-corrected chi connectivity index (χ4v) is 3.35. The molecule has 0 unspecified atom stereocenters. The van der Waals surface area contributed by atoms with Crippen molar-refractivity contribution >= 4 is 23.0 Å². The molecule has 1 heterocycles. The molecule has 0 aliphatic heterocycles. The van der Waals surface area contributed by atoms with Crippen LogP contribution in [-0.2, 0) is 12.8 Å². The quantitative estimate of drug-likeness (QED) is 0.845. The lowest BCUT2D eigenvalue weighted by Gasteiger charge is -2.28. The molecule has 20 heavy (non-hydrogen) atoms. The van der Waals surface area contributed by atoms with Crippen molar-refractivity contribution in [1.29, 1.82) is 0 Å². The Bertz CT molecular complexity index is 495. The molecular formula is C15H24N4S. The first-order valence-electron chi connectivity index (χ1n) is 7.51. The molecule has 1 saturated carbocycles. The van der Waals surface area contributed by atoms with E-state index >= 15 is 0 Å². The highest BCUT2D eigenvalue weighted by molar-refractivity contribution is 7.80. The van der Waals surface area contributed by atoms with Crippen molar-refractivity contribution in [2.24, 2.45) is 5.73 Å². The maximum atomic E-state index is 5.99. The summed E-state index contributed by atoms with van der Waals surface area (Å²) in [7, 11) is 2.09. The van der Waals surface area contributed by atoms with E-state index in [2.05, 4.69) is 36.0 Å². The van der Waals surface area contributed by atoms with Crippen LogP contribution in [0.5, 0.6) is 0 Å². The molecule has 4 nitrogen and oxygen atoms in total. The molecule has 110 valence electrons. The van der Waals surface area contributed by atoms with E-state index in [0.29, 0.717) is 11.0 Å². The second-order valence-electron chi connectivity index (χ2n) is 5.44. The molecule has 2 N–H and O–H groups in total. The summed E-state index contributed by atoms with van der Waals surface area (Å²) in [5.74, 6) is 0.860. The van der Waals surface area contributed by atoms with Gasteiger partial charge in [0.05, 0.1) is 11.3 Å². The van der Waals surface area contributed by atoms with E-state index in [-0.39, 0.29) is 0 Å². The number of anilines is 1. The molecule has 1 aliphatic rings. The van der Waals surface area contributed by atoms with Crippen molar-refractivity contribution in [1.82, 2.24) is 10.2 Å². The molecule has 5 heteroatoms. The van der Waals surface area contributed by atoms with Gasteiger partial charge in [-0.1, -0.05) is 38.9 Å². The second-order valence-corrected chi connectivity index (χ2v) is 5.88. The Morgan fingerprint density at radius 1 is 1.25 bits per heavy atom. The van der Waals surface area contributed by atoms with Gasteiger partial charge in [-0.25, -0.2) is 0 Å². The number of hydrogen-bond donors (Lipinski definition) is 1. The van der Waals surface area contributed by atoms with Gasteiger partial charge in [0, 0.05) is 13.1 Å². The summed E-state index contributed by atoms with van der Waals surface area (Å²) in [6.45, 7) is 4.21. The van der Waals surface area contributed by atoms with Gasteiger partial charge in [0.2, 0.25) is 0 Å². The number of aromatic nitrogens is 2. The van der Waals surface area contributed by atoms with E-state index in [4.69, 9.17) is 18.0 Å². The molecule has 0 saturated heterocycles. The Morgan fingerprint density at radius 3 is 2.40 bits per heavy atom. The van der Waals surface area contributed by atoms with Crippen LogP contribution in [0.15, 0.2) is 0 Å². The summed E-state index contributed by atoms with van der Waals surface area (Å²) >= 11 is 5.29. The average Bonchev–Trinajstić information content (AvgIpc) is 2.98. The third kappa shape index (κ3) is 2.77. The minimum atomic E-state index is 0.436. The summed E-state index contributed by atoms with van der Waals surface area (Å²) in [6, 6.07) is 0.537. The third-order valence-corrected chi connectivity index (χ3v) is 4.48. The van der Waals surface area contributed by atoms with Gasteiger partial charge in [-0.3, -0.25) is 0 Å². The van der Waals surface area contributed by atoms with Crippen molar-refractivity contribution in [3.05, 3.63) is 16.8 Å². The monoisotopic (exact) mass is 292 g/mol. The van der Waals surface area contributed by atoms with Crippen LogP contribution in [0.3, 0.4) is 0 Å². The molecule has 0 aromatic carbocycles. The largest absolute Gasteiger partial charge is 0.389 e. The smallest absolute Gasteiger partial charge is 0.161 e. The van der Waals surface area contributed by atoms with E-state index in [1.165, 1.54) is 25.7 Å². The van der Waals surface area contributed by atoms with Crippen LogP contribution >= 0.6 is 12.2 Å². The van der Waals surface area contributed by atoms with Crippen LogP contribution in [0.25, 0.3) is 0 Å². The summed E-state index contributed by atoms with van der Waals surface area (Å²) in [4.78, 5) is 2.67. The molecule has 0 spiro atoms. The minimum Gasteiger partial charge on any atom is -0.389 e. The highest BCUT2D eigenvalue weighted by Crippen LogP contribution is 2.30. The average molecular weight is 292 g/mol. The molecule has 0 amide bonds. The summed E-state index contributed by atoms with van der Waals surface area (Å²) in [5.41, 5.74) is 9.10. The van der Waals surface area contributed by atoms with Crippen molar-refractivity contribution < 1.29 is 0 Å². The molecule has 1 aromatic heterocycles. The van der Waals surface area contributed by atoms with Gasteiger partial charge in [-0.2, -0.15) is 5.10 Å². The van der Waals surface area contributed by atoms with Crippen molar-refractivity contribution in [3.8, 4) is 0 Å². The molecule has 1 aromatic rings. The zero-order chi connectivity index (χ0) is 14.7. The predicted molar refractivity (Wildman–Crippen MR) is 87.3 cm³/mol. The van der Waals surface area contributed by atoms with Gasteiger partial charge in [-0.15, -0.1) is 5.10 Å². The molecular weight excluding hydrogens is 268 g/mol. The minimum absolute atomic E-state index is 0.436. The van der Waals surface area contributed by atoms with Gasteiger partial charge in [-0.05, 0) is 31.2 Å². The molecule has 1 fully saturated rings. The number of hydrogen-bond acceptors (Lipinski definition) is 4. The number of rotatable bonds is 5. The van der Waals surface area contributed by atoms with E-state index in [1.54, 1.807) is 0 Å². The van der Waals surface area contributed by atoms with Gasteiger partial charge in [0.25, 0.3) is 0 Å². The molecule has 0 radical (unpaired) electrons. The van der Waals surface area contributed by atoms with Gasteiger partial charge in [0.1, 0.15) is 4.99 Å². The lowest BCUT2D eigenvalue weighted by molar-refractivity contribution is 0.639.